The highest BCUT2D eigenvalue weighted by Crippen LogP contribution is 2.25. The molecule has 1 aliphatic rings. The van der Waals surface area contributed by atoms with Gasteiger partial charge in [0.15, 0.2) is 0 Å². The van der Waals surface area contributed by atoms with Gasteiger partial charge in [0, 0.05) is 19.5 Å². The number of carbonyl (C=O) groups excluding carboxylic acids is 1. The molecule has 2 rings (SSSR count). The maximum absolute atomic E-state index is 12.1. The van der Waals surface area contributed by atoms with E-state index in [9.17, 15) is 9.59 Å². The highest BCUT2D eigenvalue weighted by atomic mass is 35.5. The Morgan fingerprint density at radius 1 is 1.50 bits per heavy atom. The fourth-order valence-corrected chi connectivity index (χ4v) is 2.52. The monoisotopic (exact) mass is 296 g/mol. The lowest BCUT2D eigenvalue weighted by Crippen LogP contribution is -2.33. The van der Waals surface area contributed by atoms with Crippen molar-refractivity contribution in [2.45, 2.75) is 19.8 Å². The standard InChI is InChI=1S/C14H17ClN2O3/c1-9-2-3-11(15)12(6-9)16-14(20)17-5-4-10(8-17)7-13(18)19/h2-3,6,10H,4-5,7-8H2,1H3,(H,16,20)(H,18,19). The summed E-state index contributed by atoms with van der Waals surface area (Å²) in [5.74, 6) is -0.787. The summed E-state index contributed by atoms with van der Waals surface area (Å²) in [4.78, 5) is 24.4. The van der Waals surface area contributed by atoms with Crippen molar-refractivity contribution < 1.29 is 14.7 Å². The van der Waals surface area contributed by atoms with E-state index in [0.29, 0.717) is 23.8 Å². The zero-order valence-electron chi connectivity index (χ0n) is 11.2. The van der Waals surface area contributed by atoms with Crippen molar-refractivity contribution in [3.8, 4) is 0 Å². The third-order valence-corrected chi connectivity index (χ3v) is 3.73. The number of carboxylic acids is 1. The first-order valence-corrected chi connectivity index (χ1v) is 6.87. The summed E-state index contributed by atoms with van der Waals surface area (Å²) < 4.78 is 0. The van der Waals surface area contributed by atoms with E-state index in [-0.39, 0.29) is 18.4 Å². The summed E-state index contributed by atoms with van der Waals surface area (Å²) in [5, 5.41) is 12.0. The first-order chi connectivity index (χ1) is 9.45. The summed E-state index contributed by atoms with van der Waals surface area (Å²) >= 11 is 6.03. The van der Waals surface area contributed by atoms with Crippen molar-refractivity contribution in [3.05, 3.63) is 28.8 Å². The number of amides is 2. The third-order valence-electron chi connectivity index (χ3n) is 3.40. The van der Waals surface area contributed by atoms with Crippen molar-refractivity contribution in [2.24, 2.45) is 5.92 Å². The van der Waals surface area contributed by atoms with Crippen LogP contribution in [-0.4, -0.2) is 35.1 Å². The molecule has 6 heteroatoms. The number of aliphatic carboxylic acids is 1. The highest BCUT2D eigenvalue weighted by Gasteiger charge is 2.27. The van der Waals surface area contributed by atoms with Gasteiger partial charge in [-0.05, 0) is 37.0 Å². The molecule has 0 spiro atoms. The molecule has 0 radical (unpaired) electrons. The molecule has 1 fully saturated rings. The zero-order chi connectivity index (χ0) is 14.7. The van der Waals surface area contributed by atoms with Gasteiger partial charge in [0.2, 0.25) is 0 Å². The van der Waals surface area contributed by atoms with Gasteiger partial charge in [0.1, 0.15) is 0 Å². The molecule has 20 heavy (non-hydrogen) atoms. The van der Waals surface area contributed by atoms with Crippen molar-refractivity contribution in [3.63, 3.8) is 0 Å². The van der Waals surface area contributed by atoms with Crippen LogP contribution in [0.2, 0.25) is 5.02 Å². The number of rotatable bonds is 3. The Bertz CT molecular complexity index is 533. The molecule has 1 aromatic rings. The lowest BCUT2D eigenvalue weighted by molar-refractivity contribution is -0.138. The van der Waals surface area contributed by atoms with Crippen LogP contribution in [0.3, 0.4) is 0 Å². The molecular formula is C14H17ClN2O3. The molecule has 1 aliphatic heterocycles. The Labute approximate surface area is 122 Å². The largest absolute Gasteiger partial charge is 0.481 e. The normalized spacial score (nSPS) is 18.1. The first-order valence-electron chi connectivity index (χ1n) is 6.49. The van der Waals surface area contributed by atoms with Crippen LogP contribution < -0.4 is 5.32 Å². The predicted octanol–water partition coefficient (Wildman–Crippen LogP) is 2.98. The third kappa shape index (κ3) is 3.63. The number of carboxylic acid groups (broad SMARTS) is 1. The number of aryl methyl sites for hydroxylation is 1. The molecule has 1 heterocycles. The van der Waals surface area contributed by atoms with E-state index >= 15 is 0 Å². The molecule has 1 unspecified atom stereocenters. The van der Waals surface area contributed by atoms with Crippen LogP contribution in [0.5, 0.6) is 0 Å². The molecule has 1 atom stereocenters. The second-order valence-electron chi connectivity index (χ2n) is 5.11. The lowest BCUT2D eigenvalue weighted by Gasteiger charge is -2.18. The van der Waals surface area contributed by atoms with E-state index < -0.39 is 5.97 Å². The van der Waals surface area contributed by atoms with Gasteiger partial charge in [-0.25, -0.2) is 4.79 Å². The summed E-state index contributed by atoms with van der Waals surface area (Å²) in [7, 11) is 0. The van der Waals surface area contributed by atoms with E-state index in [1.54, 1.807) is 11.0 Å². The number of likely N-dealkylation sites (tertiary alicyclic amines) is 1. The Balaban J connectivity index is 1.96. The molecule has 0 aromatic heterocycles. The number of halogens is 1. The Hall–Kier alpha value is -1.75. The number of urea groups is 1. The van der Waals surface area contributed by atoms with Crippen molar-refractivity contribution in [1.82, 2.24) is 4.90 Å². The molecule has 2 N–H and O–H groups in total. The minimum Gasteiger partial charge on any atom is -0.481 e. The van der Waals surface area contributed by atoms with E-state index in [0.717, 1.165) is 12.0 Å². The summed E-state index contributed by atoms with van der Waals surface area (Å²) in [5.41, 5.74) is 1.59. The number of nitrogens with zero attached hydrogens (tertiary/aromatic N) is 1. The quantitative estimate of drug-likeness (QED) is 0.901. The van der Waals surface area contributed by atoms with E-state index in [4.69, 9.17) is 16.7 Å². The van der Waals surface area contributed by atoms with Crippen LogP contribution in [0.4, 0.5) is 10.5 Å². The molecule has 0 aliphatic carbocycles. The topological polar surface area (TPSA) is 69.6 Å². The molecule has 1 aromatic carbocycles. The highest BCUT2D eigenvalue weighted by molar-refractivity contribution is 6.33. The fourth-order valence-electron chi connectivity index (χ4n) is 2.36. The van der Waals surface area contributed by atoms with Gasteiger partial charge in [-0.1, -0.05) is 17.7 Å². The van der Waals surface area contributed by atoms with Gasteiger partial charge in [-0.3, -0.25) is 4.79 Å². The molecule has 2 amide bonds. The predicted molar refractivity (Wildman–Crippen MR) is 77.1 cm³/mol. The number of carbonyl (C=O) groups is 2. The van der Waals surface area contributed by atoms with Crippen LogP contribution in [0, 0.1) is 12.8 Å². The number of benzene rings is 1. The first kappa shape index (κ1) is 14.7. The van der Waals surface area contributed by atoms with E-state index in [1.807, 2.05) is 19.1 Å². The van der Waals surface area contributed by atoms with Gasteiger partial charge in [-0.15, -0.1) is 0 Å². The maximum Gasteiger partial charge on any atom is 0.321 e. The molecule has 5 nitrogen and oxygen atoms in total. The Morgan fingerprint density at radius 3 is 2.95 bits per heavy atom. The number of hydrogen-bond donors (Lipinski definition) is 2. The lowest BCUT2D eigenvalue weighted by atomic mass is 10.1. The number of nitrogens with one attached hydrogen (secondary N) is 1. The average Bonchev–Trinajstić information content (AvgIpc) is 2.81. The van der Waals surface area contributed by atoms with Gasteiger partial charge in [0.25, 0.3) is 0 Å². The van der Waals surface area contributed by atoms with Gasteiger partial charge < -0.3 is 15.3 Å². The molecule has 1 saturated heterocycles. The SMILES string of the molecule is Cc1ccc(Cl)c(NC(=O)N2CCC(CC(=O)O)C2)c1. The molecular weight excluding hydrogens is 280 g/mol. The smallest absolute Gasteiger partial charge is 0.321 e. The number of hydrogen-bond acceptors (Lipinski definition) is 2. The van der Waals surface area contributed by atoms with Crippen molar-refractivity contribution >= 4 is 29.3 Å². The minimum absolute atomic E-state index is 0.0335. The summed E-state index contributed by atoms with van der Waals surface area (Å²) in [6.45, 7) is 2.97. The van der Waals surface area contributed by atoms with Crippen LogP contribution >= 0.6 is 11.6 Å². The maximum atomic E-state index is 12.1. The van der Waals surface area contributed by atoms with Crippen LogP contribution in [0.15, 0.2) is 18.2 Å². The fraction of sp³-hybridized carbons (Fsp3) is 0.429. The van der Waals surface area contributed by atoms with Gasteiger partial charge in [-0.2, -0.15) is 0 Å². The van der Waals surface area contributed by atoms with Crippen LogP contribution in [0.25, 0.3) is 0 Å². The molecule has 0 bridgehead atoms. The second kappa shape index (κ2) is 6.13. The van der Waals surface area contributed by atoms with Gasteiger partial charge >= 0.3 is 12.0 Å². The van der Waals surface area contributed by atoms with E-state index in [2.05, 4.69) is 5.32 Å². The average molecular weight is 297 g/mol. The molecule has 0 saturated carbocycles. The van der Waals surface area contributed by atoms with Crippen LogP contribution in [0.1, 0.15) is 18.4 Å². The summed E-state index contributed by atoms with van der Waals surface area (Å²) in [6, 6.07) is 5.19. The van der Waals surface area contributed by atoms with Gasteiger partial charge in [0.05, 0.1) is 10.7 Å². The zero-order valence-corrected chi connectivity index (χ0v) is 12.0. The van der Waals surface area contributed by atoms with Crippen molar-refractivity contribution in [2.75, 3.05) is 18.4 Å². The van der Waals surface area contributed by atoms with Crippen LogP contribution in [-0.2, 0) is 4.79 Å². The van der Waals surface area contributed by atoms with E-state index in [1.165, 1.54) is 0 Å². The molecule has 108 valence electrons. The second-order valence-corrected chi connectivity index (χ2v) is 5.52. The summed E-state index contributed by atoms with van der Waals surface area (Å²) in [6.07, 6.45) is 0.830. The Kier molecular flexibility index (Phi) is 4.49. The minimum atomic E-state index is -0.820. The Morgan fingerprint density at radius 2 is 2.25 bits per heavy atom. The number of anilines is 1. The van der Waals surface area contributed by atoms with Crippen molar-refractivity contribution in [1.29, 1.82) is 0 Å².